The first kappa shape index (κ1) is 12.5. The SMILES string of the molecule is CC(C)CN(CCC#N)CC1CCCC1. The van der Waals surface area contributed by atoms with Crippen LogP contribution in [0, 0.1) is 23.2 Å². The van der Waals surface area contributed by atoms with E-state index in [0.717, 1.165) is 19.0 Å². The zero-order valence-electron chi connectivity index (χ0n) is 10.2. The summed E-state index contributed by atoms with van der Waals surface area (Å²) in [5.74, 6) is 1.62. The lowest BCUT2D eigenvalue weighted by Gasteiger charge is -2.26. The van der Waals surface area contributed by atoms with Crippen molar-refractivity contribution in [3.05, 3.63) is 0 Å². The van der Waals surface area contributed by atoms with Gasteiger partial charge < -0.3 is 4.90 Å². The summed E-state index contributed by atoms with van der Waals surface area (Å²) in [6.07, 6.45) is 6.32. The summed E-state index contributed by atoms with van der Waals surface area (Å²) < 4.78 is 0. The Morgan fingerprint density at radius 1 is 1.33 bits per heavy atom. The maximum atomic E-state index is 8.63. The minimum atomic E-state index is 0.680. The molecule has 1 aliphatic carbocycles. The van der Waals surface area contributed by atoms with E-state index in [4.69, 9.17) is 5.26 Å². The standard InChI is InChI=1S/C13H24N2/c1-12(2)10-15(9-5-8-14)11-13-6-3-4-7-13/h12-13H,3-7,9-11H2,1-2H3. The molecule has 0 amide bonds. The molecule has 0 aromatic carbocycles. The Hall–Kier alpha value is -0.550. The number of nitrogens with zero attached hydrogens (tertiary/aromatic N) is 2. The van der Waals surface area contributed by atoms with Crippen LogP contribution in [0.15, 0.2) is 0 Å². The van der Waals surface area contributed by atoms with E-state index in [2.05, 4.69) is 24.8 Å². The van der Waals surface area contributed by atoms with Gasteiger partial charge in [-0.25, -0.2) is 0 Å². The van der Waals surface area contributed by atoms with E-state index in [-0.39, 0.29) is 0 Å². The van der Waals surface area contributed by atoms with Gasteiger partial charge in [0.2, 0.25) is 0 Å². The molecule has 1 rings (SSSR count). The Labute approximate surface area is 94.3 Å². The third-order valence-electron chi connectivity index (χ3n) is 3.15. The average Bonchev–Trinajstić information content (AvgIpc) is 2.66. The van der Waals surface area contributed by atoms with E-state index in [1.165, 1.54) is 32.2 Å². The summed E-state index contributed by atoms with van der Waals surface area (Å²) in [6.45, 7) is 7.85. The van der Waals surface area contributed by atoms with Crippen LogP contribution < -0.4 is 0 Å². The molecular formula is C13H24N2. The first-order valence-corrected chi connectivity index (χ1v) is 6.31. The quantitative estimate of drug-likeness (QED) is 0.671. The lowest BCUT2D eigenvalue weighted by atomic mass is 10.1. The molecule has 0 bridgehead atoms. The molecule has 2 heteroatoms. The van der Waals surface area contributed by atoms with E-state index in [0.29, 0.717) is 12.3 Å². The second-order valence-corrected chi connectivity index (χ2v) is 5.21. The molecule has 0 radical (unpaired) electrons. The zero-order valence-corrected chi connectivity index (χ0v) is 10.2. The van der Waals surface area contributed by atoms with E-state index in [1.54, 1.807) is 0 Å². The Kier molecular flexibility index (Phi) is 5.71. The summed E-state index contributed by atoms with van der Waals surface area (Å²) in [4.78, 5) is 2.49. The number of hydrogen-bond acceptors (Lipinski definition) is 2. The molecule has 0 aromatic rings. The molecule has 15 heavy (non-hydrogen) atoms. The van der Waals surface area contributed by atoms with E-state index in [1.807, 2.05) is 0 Å². The van der Waals surface area contributed by atoms with Crippen molar-refractivity contribution in [1.82, 2.24) is 4.90 Å². The fraction of sp³-hybridized carbons (Fsp3) is 0.923. The molecule has 86 valence electrons. The van der Waals surface area contributed by atoms with Gasteiger partial charge in [0.15, 0.2) is 0 Å². The molecule has 1 aliphatic rings. The Balaban J connectivity index is 2.30. The average molecular weight is 208 g/mol. The molecule has 2 nitrogen and oxygen atoms in total. The first-order chi connectivity index (χ1) is 7.22. The smallest absolute Gasteiger partial charge is 0.0635 e. The molecular weight excluding hydrogens is 184 g/mol. The maximum absolute atomic E-state index is 8.63. The lowest BCUT2D eigenvalue weighted by Crippen LogP contribution is -2.32. The lowest BCUT2D eigenvalue weighted by molar-refractivity contribution is 0.213. The molecule has 0 aromatic heterocycles. The van der Waals surface area contributed by atoms with E-state index < -0.39 is 0 Å². The van der Waals surface area contributed by atoms with Crippen LogP contribution >= 0.6 is 0 Å². The molecule has 0 saturated heterocycles. The highest BCUT2D eigenvalue weighted by Gasteiger charge is 2.18. The van der Waals surface area contributed by atoms with Gasteiger partial charge in [-0.15, -0.1) is 0 Å². The summed E-state index contributed by atoms with van der Waals surface area (Å²) >= 11 is 0. The van der Waals surface area contributed by atoms with Gasteiger partial charge >= 0.3 is 0 Å². The normalized spacial score (nSPS) is 17.5. The van der Waals surface area contributed by atoms with Gasteiger partial charge in [-0.3, -0.25) is 0 Å². The first-order valence-electron chi connectivity index (χ1n) is 6.31. The van der Waals surface area contributed by atoms with Gasteiger partial charge in [0.05, 0.1) is 6.07 Å². The van der Waals surface area contributed by atoms with Crippen LogP contribution in [0.4, 0.5) is 0 Å². The maximum Gasteiger partial charge on any atom is 0.0635 e. The second-order valence-electron chi connectivity index (χ2n) is 5.21. The fourth-order valence-electron chi connectivity index (χ4n) is 2.54. The fourth-order valence-corrected chi connectivity index (χ4v) is 2.54. The third kappa shape index (κ3) is 5.18. The molecule has 1 saturated carbocycles. The van der Waals surface area contributed by atoms with Crippen molar-refractivity contribution in [2.24, 2.45) is 11.8 Å². The van der Waals surface area contributed by atoms with Crippen LogP contribution in [0.2, 0.25) is 0 Å². The predicted octanol–water partition coefficient (Wildman–Crippen LogP) is 3.05. The number of hydrogen-bond donors (Lipinski definition) is 0. The van der Waals surface area contributed by atoms with Crippen LogP contribution in [0.25, 0.3) is 0 Å². The van der Waals surface area contributed by atoms with Crippen LogP contribution in [-0.4, -0.2) is 24.5 Å². The van der Waals surface area contributed by atoms with Gasteiger partial charge in [0.1, 0.15) is 0 Å². The van der Waals surface area contributed by atoms with Crippen LogP contribution in [0.5, 0.6) is 0 Å². The predicted molar refractivity (Wildman–Crippen MR) is 63.5 cm³/mol. The topological polar surface area (TPSA) is 27.0 Å². The zero-order chi connectivity index (χ0) is 11.1. The molecule has 1 fully saturated rings. The molecule has 0 spiro atoms. The molecule has 0 atom stereocenters. The number of nitriles is 1. The van der Waals surface area contributed by atoms with E-state index >= 15 is 0 Å². The van der Waals surface area contributed by atoms with Gasteiger partial charge in [-0.05, 0) is 24.7 Å². The van der Waals surface area contributed by atoms with Gasteiger partial charge in [-0.1, -0.05) is 26.7 Å². The van der Waals surface area contributed by atoms with Gasteiger partial charge in [-0.2, -0.15) is 5.26 Å². The van der Waals surface area contributed by atoms with Crippen LogP contribution in [-0.2, 0) is 0 Å². The van der Waals surface area contributed by atoms with Crippen molar-refractivity contribution in [3.8, 4) is 6.07 Å². The van der Waals surface area contributed by atoms with Crippen LogP contribution in [0.1, 0.15) is 46.0 Å². The van der Waals surface area contributed by atoms with Crippen LogP contribution in [0.3, 0.4) is 0 Å². The van der Waals surface area contributed by atoms with Crippen molar-refractivity contribution in [2.45, 2.75) is 46.0 Å². The molecule has 0 N–H and O–H groups in total. The summed E-state index contributed by atoms with van der Waals surface area (Å²) in [7, 11) is 0. The Morgan fingerprint density at radius 2 is 2.00 bits per heavy atom. The molecule has 0 aliphatic heterocycles. The monoisotopic (exact) mass is 208 g/mol. The van der Waals surface area contributed by atoms with Crippen molar-refractivity contribution < 1.29 is 0 Å². The minimum absolute atomic E-state index is 0.680. The summed E-state index contributed by atoms with van der Waals surface area (Å²) in [5, 5.41) is 8.63. The highest BCUT2D eigenvalue weighted by Crippen LogP contribution is 2.25. The number of rotatable bonds is 6. The molecule has 0 heterocycles. The summed E-state index contributed by atoms with van der Waals surface area (Å²) in [6, 6.07) is 2.25. The molecule has 0 unspecified atom stereocenters. The van der Waals surface area contributed by atoms with Gasteiger partial charge in [0, 0.05) is 26.1 Å². The van der Waals surface area contributed by atoms with Gasteiger partial charge in [0.25, 0.3) is 0 Å². The largest absolute Gasteiger partial charge is 0.302 e. The second kappa shape index (κ2) is 6.85. The highest BCUT2D eigenvalue weighted by atomic mass is 15.1. The van der Waals surface area contributed by atoms with E-state index in [9.17, 15) is 0 Å². The third-order valence-corrected chi connectivity index (χ3v) is 3.15. The van der Waals surface area contributed by atoms with Crippen molar-refractivity contribution >= 4 is 0 Å². The highest BCUT2D eigenvalue weighted by molar-refractivity contribution is 4.76. The Bertz CT molecular complexity index is 199. The minimum Gasteiger partial charge on any atom is -0.302 e. The Morgan fingerprint density at radius 3 is 2.53 bits per heavy atom. The van der Waals surface area contributed by atoms with Crippen molar-refractivity contribution in [3.63, 3.8) is 0 Å². The van der Waals surface area contributed by atoms with Crippen molar-refractivity contribution in [2.75, 3.05) is 19.6 Å². The summed E-state index contributed by atoms with van der Waals surface area (Å²) in [5.41, 5.74) is 0. The van der Waals surface area contributed by atoms with Crippen molar-refractivity contribution in [1.29, 1.82) is 5.26 Å².